The molecule has 4 rings (SSSR count). The molecule has 0 radical (unpaired) electrons. The molecular formula is C21H21N3O3. The quantitative estimate of drug-likeness (QED) is 0.763. The maximum absolute atomic E-state index is 11.4. The topological polar surface area (TPSA) is 67.6 Å². The van der Waals surface area contributed by atoms with E-state index in [4.69, 9.17) is 9.84 Å². The molecule has 6 heteroatoms. The Labute approximate surface area is 157 Å². The highest BCUT2D eigenvalue weighted by molar-refractivity contribution is 5.72. The van der Waals surface area contributed by atoms with Crippen molar-refractivity contribution in [2.75, 3.05) is 7.11 Å². The zero-order valence-electron chi connectivity index (χ0n) is 15.3. The van der Waals surface area contributed by atoms with Crippen LogP contribution in [0.3, 0.4) is 0 Å². The van der Waals surface area contributed by atoms with E-state index in [9.17, 15) is 9.90 Å². The fourth-order valence-electron chi connectivity index (χ4n) is 3.56. The lowest BCUT2D eigenvalue weighted by Crippen LogP contribution is -2.24. The standard InChI is InChI=1S/C21H21N3O3/c1-14-5-3-4-6-17(14)20-18-12-23(21(25)26)13-19(18)22-24(20)11-15-7-9-16(27-2)10-8-15/h3-10H,11-13H2,1-2H3,(H,25,26). The smallest absolute Gasteiger partial charge is 0.407 e. The highest BCUT2D eigenvalue weighted by atomic mass is 16.5. The van der Waals surface area contributed by atoms with Crippen LogP contribution < -0.4 is 4.74 Å². The van der Waals surface area contributed by atoms with Crippen molar-refractivity contribution in [3.05, 3.63) is 70.9 Å². The summed E-state index contributed by atoms with van der Waals surface area (Å²) in [6.07, 6.45) is -0.912. The van der Waals surface area contributed by atoms with Crippen LogP contribution in [0.5, 0.6) is 5.75 Å². The third-order valence-corrected chi connectivity index (χ3v) is 4.99. The highest BCUT2D eigenvalue weighted by Crippen LogP contribution is 2.34. The number of ether oxygens (including phenoxy) is 1. The van der Waals surface area contributed by atoms with Crippen LogP contribution in [0.25, 0.3) is 11.3 Å². The molecule has 1 aliphatic heterocycles. The van der Waals surface area contributed by atoms with Crippen LogP contribution in [0.1, 0.15) is 22.4 Å². The van der Waals surface area contributed by atoms with Crippen LogP contribution in [-0.4, -0.2) is 33.0 Å². The number of aryl methyl sites for hydroxylation is 1. The number of nitrogens with zero attached hydrogens (tertiary/aromatic N) is 3. The normalized spacial score (nSPS) is 12.9. The van der Waals surface area contributed by atoms with Crippen LogP contribution in [0.15, 0.2) is 48.5 Å². The number of hydrogen-bond acceptors (Lipinski definition) is 3. The first-order chi connectivity index (χ1) is 13.1. The van der Waals surface area contributed by atoms with E-state index in [1.807, 2.05) is 41.1 Å². The maximum atomic E-state index is 11.4. The highest BCUT2D eigenvalue weighted by Gasteiger charge is 2.31. The number of carbonyl (C=O) groups is 1. The van der Waals surface area contributed by atoms with Gasteiger partial charge in [0.25, 0.3) is 0 Å². The molecular weight excluding hydrogens is 342 g/mol. The van der Waals surface area contributed by atoms with Gasteiger partial charge in [0.2, 0.25) is 0 Å². The zero-order valence-corrected chi connectivity index (χ0v) is 15.3. The summed E-state index contributed by atoms with van der Waals surface area (Å²) in [5, 5.41) is 14.1. The van der Waals surface area contributed by atoms with E-state index in [0.717, 1.165) is 39.4 Å². The van der Waals surface area contributed by atoms with Gasteiger partial charge in [-0.15, -0.1) is 0 Å². The summed E-state index contributed by atoms with van der Waals surface area (Å²) in [5.41, 5.74) is 6.19. The van der Waals surface area contributed by atoms with Gasteiger partial charge in [0.15, 0.2) is 0 Å². The molecule has 0 aliphatic carbocycles. The number of hydrogen-bond donors (Lipinski definition) is 1. The molecule has 0 saturated carbocycles. The van der Waals surface area contributed by atoms with Crippen LogP contribution >= 0.6 is 0 Å². The van der Waals surface area contributed by atoms with Gasteiger partial charge in [-0.1, -0.05) is 36.4 Å². The molecule has 6 nitrogen and oxygen atoms in total. The summed E-state index contributed by atoms with van der Waals surface area (Å²) in [7, 11) is 1.65. The summed E-state index contributed by atoms with van der Waals surface area (Å²) in [4.78, 5) is 12.8. The van der Waals surface area contributed by atoms with Crippen LogP contribution in [0.2, 0.25) is 0 Å². The van der Waals surface area contributed by atoms with E-state index in [2.05, 4.69) is 19.1 Å². The Morgan fingerprint density at radius 2 is 1.89 bits per heavy atom. The van der Waals surface area contributed by atoms with Gasteiger partial charge in [0.1, 0.15) is 5.75 Å². The van der Waals surface area contributed by atoms with E-state index in [-0.39, 0.29) is 0 Å². The molecule has 1 amide bonds. The zero-order chi connectivity index (χ0) is 19.0. The van der Waals surface area contributed by atoms with Gasteiger partial charge >= 0.3 is 6.09 Å². The van der Waals surface area contributed by atoms with Gasteiger partial charge in [0, 0.05) is 11.1 Å². The predicted molar refractivity (Wildman–Crippen MR) is 102 cm³/mol. The third kappa shape index (κ3) is 3.14. The van der Waals surface area contributed by atoms with Gasteiger partial charge in [-0.3, -0.25) is 9.58 Å². The van der Waals surface area contributed by atoms with Crippen molar-refractivity contribution in [2.45, 2.75) is 26.6 Å². The van der Waals surface area contributed by atoms with Crippen LogP contribution in [0, 0.1) is 6.92 Å². The molecule has 138 valence electrons. The average Bonchev–Trinajstić information content (AvgIpc) is 3.21. The average molecular weight is 363 g/mol. The predicted octanol–water partition coefficient (Wildman–Crippen LogP) is 3.91. The van der Waals surface area contributed by atoms with Gasteiger partial charge in [-0.25, -0.2) is 4.79 Å². The fraction of sp³-hybridized carbons (Fsp3) is 0.238. The number of benzene rings is 2. The van der Waals surface area contributed by atoms with Gasteiger partial charge in [-0.05, 0) is 30.2 Å². The monoisotopic (exact) mass is 363 g/mol. The summed E-state index contributed by atoms with van der Waals surface area (Å²) in [6, 6.07) is 16.1. The van der Waals surface area contributed by atoms with Crippen LogP contribution in [-0.2, 0) is 19.6 Å². The van der Waals surface area contributed by atoms with Crippen molar-refractivity contribution >= 4 is 6.09 Å². The van der Waals surface area contributed by atoms with E-state index in [1.54, 1.807) is 7.11 Å². The molecule has 0 bridgehead atoms. The summed E-state index contributed by atoms with van der Waals surface area (Å²) in [6.45, 7) is 3.39. The van der Waals surface area contributed by atoms with Gasteiger partial charge < -0.3 is 9.84 Å². The lowest BCUT2D eigenvalue weighted by Gasteiger charge is -2.15. The molecule has 2 aromatic carbocycles. The van der Waals surface area contributed by atoms with Crippen molar-refractivity contribution in [1.82, 2.24) is 14.7 Å². The van der Waals surface area contributed by atoms with Crippen LogP contribution in [0.4, 0.5) is 4.79 Å². The second kappa shape index (κ2) is 6.79. The first-order valence-corrected chi connectivity index (χ1v) is 8.82. The first-order valence-electron chi connectivity index (χ1n) is 8.82. The molecule has 1 N–H and O–H groups in total. The largest absolute Gasteiger partial charge is 0.497 e. The minimum Gasteiger partial charge on any atom is -0.497 e. The Balaban J connectivity index is 1.77. The number of rotatable bonds is 4. The van der Waals surface area contributed by atoms with E-state index in [1.165, 1.54) is 4.90 Å². The van der Waals surface area contributed by atoms with E-state index < -0.39 is 6.09 Å². The summed E-state index contributed by atoms with van der Waals surface area (Å²) in [5.74, 6) is 0.818. The fourth-order valence-corrected chi connectivity index (χ4v) is 3.56. The molecule has 0 saturated heterocycles. The van der Waals surface area contributed by atoms with Gasteiger partial charge in [-0.2, -0.15) is 5.10 Å². The Morgan fingerprint density at radius 3 is 2.56 bits per heavy atom. The van der Waals surface area contributed by atoms with E-state index in [0.29, 0.717) is 19.6 Å². The minimum atomic E-state index is -0.912. The Kier molecular flexibility index (Phi) is 4.32. The number of methoxy groups -OCH3 is 1. The molecule has 27 heavy (non-hydrogen) atoms. The molecule has 3 aromatic rings. The second-order valence-corrected chi connectivity index (χ2v) is 6.73. The molecule has 0 atom stereocenters. The molecule has 0 spiro atoms. The first kappa shape index (κ1) is 17.1. The lowest BCUT2D eigenvalue weighted by molar-refractivity contribution is 0.144. The second-order valence-electron chi connectivity index (χ2n) is 6.73. The Bertz CT molecular complexity index is 992. The molecule has 0 unspecified atom stereocenters. The number of amides is 1. The van der Waals surface area contributed by atoms with Gasteiger partial charge in [0.05, 0.1) is 38.1 Å². The SMILES string of the molecule is COc1ccc(Cn2nc3c(c2-c2ccccc2C)CN(C(=O)O)C3)cc1. The number of aromatic nitrogens is 2. The summed E-state index contributed by atoms with van der Waals surface area (Å²) >= 11 is 0. The van der Waals surface area contributed by atoms with Crippen molar-refractivity contribution in [3.63, 3.8) is 0 Å². The maximum Gasteiger partial charge on any atom is 0.407 e. The Hall–Kier alpha value is -3.28. The third-order valence-electron chi connectivity index (χ3n) is 4.99. The molecule has 0 fully saturated rings. The Morgan fingerprint density at radius 1 is 1.15 bits per heavy atom. The van der Waals surface area contributed by atoms with Crippen molar-refractivity contribution in [3.8, 4) is 17.0 Å². The summed E-state index contributed by atoms with van der Waals surface area (Å²) < 4.78 is 7.22. The molecule has 1 aromatic heterocycles. The van der Waals surface area contributed by atoms with Crippen molar-refractivity contribution < 1.29 is 14.6 Å². The van der Waals surface area contributed by atoms with E-state index >= 15 is 0 Å². The van der Waals surface area contributed by atoms with Crippen molar-refractivity contribution in [1.29, 1.82) is 0 Å². The molecule has 2 heterocycles. The lowest BCUT2D eigenvalue weighted by atomic mass is 10.0. The number of fused-ring (bicyclic) bond motifs is 1. The molecule has 1 aliphatic rings. The van der Waals surface area contributed by atoms with Crippen molar-refractivity contribution in [2.24, 2.45) is 0 Å². The number of carboxylic acid groups (broad SMARTS) is 1. The minimum absolute atomic E-state index is 0.333.